The Kier molecular flexibility index (Phi) is 2.34. The Morgan fingerprint density at radius 3 is 2.80 bits per heavy atom. The highest BCUT2D eigenvalue weighted by Gasteiger charge is 2.38. The second-order valence-corrected chi connectivity index (χ2v) is 5.34. The van der Waals surface area contributed by atoms with E-state index in [2.05, 4.69) is 19.1 Å². The predicted octanol–water partition coefficient (Wildman–Crippen LogP) is 1.38. The summed E-state index contributed by atoms with van der Waals surface area (Å²) < 4.78 is 16.7. The molecule has 3 heteroatoms. The van der Waals surface area contributed by atoms with Crippen molar-refractivity contribution in [1.29, 1.82) is 0 Å². The van der Waals surface area contributed by atoms with Gasteiger partial charge in [-0.05, 0) is 6.42 Å². The lowest BCUT2D eigenvalue weighted by molar-refractivity contribution is -0.141. The van der Waals surface area contributed by atoms with Gasteiger partial charge in [0, 0.05) is 11.3 Å². The van der Waals surface area contributed by atoms with Crippen molar-refractivity contribution in [3.05, 3.63) is 12.2 Å². The standard InChI is InChI=1S/C12H18O3/c1-12(7-14-8-12)6-13-5-9-4-10-2-3-11(9)15-10/h2-3,9-11H,4-8H2,1H3. The number of fused-ring (bicyclic) bond motifs is 2. The summed E-state index contributed by atoms with van der Waals surface area (Å²) in [5.74, 6) is 0.574. The van der Waals surface area contributed by atoms with Gasteiger partial charge in [0.05, 0.1) is 38.6 Å². The molecule has 2 bridgehead atoms. The molecule has 3 aliphatic heterocycles. The molecule has 3 aliphatic rings. The molecule has 3 heterocycles. The molecule has 0 amide bonds. The molecule has 0 aromatic rings. The molecule has 0 spiro atoms. The van der Waals surface area contributed by atoms with E-state index >= 15 is 0 Å². The molecule has 0 radical (unpaired) electrons. The van der Waals surface area contributed by atoms with Crippen molar-refractivity contribution in [3.63, 3.8) is 0 Å². The number of ether oxygens (including phenoxy) is 3. The molecule has 3 nitrogen and oxygen atoms in total. The molecule has 0 aromatic heterocycles. The van der Waals surface area contributed by atoms with E-state index in [-0.39, 0.29) is 5.41 Å². The van der Waals surface area contributed by atoms with Crippen LogP contribution in [0.2, 0.25) is 0 Å². The van der Waals surface area contributed by atoms with Crippen molar-refractivity contribution in [3.8, 4) is 0 Å². The highest BCUT2D eigenvalue weighted by atomic mass is 16.5. The van der Waals surface area contributed by atoms with Crippen LogP contribution in [-0.4, -0.2) is 38.6 Å². The summed E-state index contributed by atoms with van der Waals surface area (Å²) in [6.07, 6.45) is 6.17. The Morgan fingerprint density at radius 1 is 1.40 bits per heavy atom. The molecule has 3 rings (SSSR count). The lowest BCUT2D eigenvalue weighted by Crippen LogP contribution is -2.44. The van der Waals surface area contributed by atoms with Gasteiger partial charge in [0.25, 0.3) is 0 Å². The summed E-state index contributed by atoms with van der Waals surface area (Å²) in [6.45, 7) is 5.57. The minimum Gasteiger partial charge on any atom is -0.380 e. The first kappa shape index (κ1) is 9.82. The van der Waals surface area contributed by atoms with Crippen LogP contribution in [0.25, 0.3) is 0 Å². The molecular weight excluding hydrogens is 192 g/mol. The van der Waals surface area contributed by atoms with Crippen molar-refractivity contribution in [2.45, 2.75) is 25.6 Å². The molecule has 3 atom stereocenters. The highest BCUT2D eigenvalue weighted by Crippen LogP contribution is 2.34. The van der Waals surface area contributed by atoms with E-state index in [4.69, 9.17) is 14.2 Å². The zero-order valence-corrected chi connectivity index (χ0v) is 9.15. The minimum absolute atomic E-state index is 0.272. The van der Waals surface area contributed by atoms with Gasteiger partial charge >= 0.3 is 0 Å². The van der Waals surface area contributed by atoms with Crippen molar-refractivity contribution in [2.75, 3.05) is 26.4 Å². The van der Waals surface area contributed by atoms with Gasteiger partial charge in [-0.3, -0.25) is 0 Å². The van der Waals surface area contributed by atoms with Crippen molar-refractivity contribution in [1.82, 2.24) is 0 Å². The zero-order chi connectivity index (χ0) is 10.3. The van der Waals surface area contributed by atoms with E-state index in [1.54, 1.807) is 0 Å². The fourth-order valence-electron chi connectivity index (χ4n) is 2.51. The van der Waals surface area contributed by atoms with Gasteiger partial charge in [-0.25, -0.2) is 0 Å². The Bertz CT molecular complexity index is 270. The summed E-state index contributed by atoms with van der Waals surface area (Å²) >= 11 is 0. The third-order valence-corrected chi connectivity index (χ3v) is 3.53. The first-order valence-corrected chi connectivity index (χ1v) is 5.74. The average Bonchev–Trinajstić information content (AvgIpc) is 2.76. The van der Waals surface area contributed by atoms with Crippen LogP contribution in [-0.2, 0) is 14.2 Å². The van der Waals surface area contributed by atoms with E-state index in [0.29, 0.717) is 18.1 Å². The van der Waals surface area contributed by atoms with Gasteiger partial charge in [-0.2, -0.15) is 0 Å². The Hall–Kier alpha value is -0.380. The molecule has 2 saturated heterocycles. The summed E-state index contributed by atoms with van der Waals surface area (Å²) in [5, 5.41) is 0. The largest absolute Gasteiger partial charge is 0.380 e. The van der Waals surface area contributed by atoms with Gasteiger partial charge in [-0.1, -0.05) is 19.1 Å². The van der Waals surface area contributed by atoms with E-state index in [9.17, 15) is 0 Å². The van der Waals surface area contributed by atoms with Crippen LogP contribution in [0, 0.1) is 11.3 Å². The van der Waals surface area contributed by atoms with Gasteiger partial charge < -0.3 is 14.2 Å². The smallest absolute Gasteiger partial charge is 0.0816 e. The molecule has 0 aliphatic carbocycles. The zero-order valence-electron chi connectivity index (χ0n) is 9.15. The topological polar surface area (TPSA) is 27.7 Å². The Labute approximate surface area is 90.4 Å². The average molecular weight is 210 g/mol. The van der Waals surface area contributed by atoms with Gasteiger partial charge in [0.15, 0.2) is 0 Å². The normalized spacial score (nSPS) is 40.7. The maximum Gasteiger partial charge on any atom is 0.0816 e. The van der Waals surface area contributed by atoms with Gasteiger partial charge in [0.1, 0.15) is 0 Å². The monoisotopic (exact) mass is 210 g/mol. The second kappa shape index (κ2) is 3.58. The predicted molar refractivity (Wildman–Crippen MR) is 55.7 cm³/mol. The molecule has 0 aromatic carbocycles. The minimum atomic E-state index is 0.272. The van der Waals surface area contributed by atoms with Crippen LogP contribution in [0.3, 0.4) is 0 Å². The molecule has 2 fully saturated rings. The molecule has 3 unspecified atom stereocenters. The maximum absolute atomic E-state index is 5.78. The van der Waals surface area contributed by atoms with Crippen LogP contribution in [0.5, 0.6) is 0 Å². The number of rotatable bonds is 4. The number of hydrogen-bond donors (Lipinski definition) is 0. The molecule has 84 valence electrons. The van der Waals surface area contributed by atoms with Crippen molar-refractivity contribution >= 4 is 0 Å². The lowest BCUT2D eigenvalue weighted by Gasteiger charge is -2.37. The second-order valence-electron chi connectivity index (χ2n) is 5.34. The molecule has 0 saturated carbocycles. The Balaban J connectivity index is 1.41. The van der Waals surface area contributed by atoms with E-state index in [1.807, 2.05) is 0 Å². The van der Waals surface area contributed by atoms with Crippen LogP contribution < -0.4 is 0 Å². The SMILES string of the molecule is CC1(COCC2CC3C=CC2O3)COC1. The lowest BCUT2D eigenvalue weighted by atomic mass is 9.90. The van der Waals surface area contributed by atoms with Crippen molar-refractivity contribution in [2.24, 2.45) is 11.3 Å². The quantitative estimate of drug-likeness (QED) is 0.656. The van der Waals surface area contributed by atoms with Crippen LogP contribution in [0.15, 0.2) is 12.2 Å². The molecular formula is C12H18O3. The van der Waals surface area contributed by atoms with Gasteiger partial charge in [0.2, 0.25) is 0 Å². The Morgan fingerprint density at radius 2 is 2.27 bits per heavy atom. The van der Waals surface area contributed by atoms with Crippen LogP contribution >= 0.6 is 0 Å². The van der Waals surface area contributed by atoms with E-state index in [1.165, 1.54) is 0 Å². The number of hydrogen-bond acceptors (Lipinski definition) is 3. The third kappa shape index (κ3) is 1.84. The fourth-order valence-corrected chi connectivity index (χ4v) is 2.51. The summed E-state index contributed by atoms with van der Waals surface area (Å²) in [5.41, 5.74) is 0.272. The summed E-state index contributed by atoms with van der Waals surface area (Å²) in [7, 11) is 0. The maximum atomic E-state index is 5.78. The van der Waals surface area contributed by atoms with E-state index < -0.39 is 0 Å². The van der Waals surface area contributed by atoms with Crippen molar-refractivity contribution < 1.29 is 14.2 Å². The first-order valence-electron chi connectivity index (χ1n) is 5.74. The first-order chi connectivity index (χ1) is 7.25. The third-order valence-electron chi connectivity index (χ3n) is 3.53. The molecule has 0 N–H and O–H groups in total. The van der Waals surface area contributed by atoms with Crippen LogP contribution in [0.1, 0.15) is 13.3 Å². The summed E-state index contributed by atoms with van der Waals surface area (Å²) in [4.78, 5) is 0. The fraction of sp³-hybridized carbons (Fsp3) is 0.833. The molecule has 15 heavy (non-hydrogen) atoms. The highest BCUT2D eigenvalue weighted by molar-refractivity contribution is 5.10. The van der Waals surface area contributed by atoms with E-state index in [0.717, 1.165) is 32.8 Å². The van der Waals surface area contributed by atoms with Crippen LogP contribution in [0.4, 0.5) is 0 Å². The summed E-state index contributed by atoms with van der Waals surface area (Å²) in [6, 6.07) is 0. The van der Waals surface area contributed by atoms with Gasteiger partial charge in [-0.15, -0.1) is 0 Å².